The number of piperidine rings is 1. The van der Waals surface area contributed by atoms with Crippen molar-refractivity contribution in [2.75, 3.05) is 59.1 Å². The monoisotopic (exact) mass is 508 g/mol. The number of hydrogen-bond donors (Lipinski definition) is 1. The summed E-state index contributed by atoms with van der Waals surface area (Å²) >= 11 is 0. The highest BCUT2D eigenvalue weighted by molar-refractivity contribution is 14.0. The van der Waals surface area contributed by atoms with Gasteiger partial charge in [0, 0.05) is 44.9 Å². The maximum atomic E-state index is 5.82. The lowest BCUT2D eigenvalue weighted by molar-refractivity contribution is -0.0334. The van der Waals surface area contributed by atoms with Crippen molar-refractivity contribution in [3.63, 3.8) is 0 Å². The zero-order valence-corrected chi connectivity index (χ0v) is 20.3. The molecule has 2 saturated heterocycles. The van der Waals surface area contributed by atoms with E-state index in [1.54, 1.807) is 0 Å². The van der Waals surface area contributed by atoms with E-state index in [4.69, 9.17) is 14.5 Å². The minimum atomic E-state index is 0. The predicted octanol–water partition coefficient (Wildman–Crippen LogP) is 3.11. The van der Waals surface area contributed by atoms with Crippen LogP contribution in [0.5, 0.6) is 0 Å². The average molecular weight is 508 g/mol. The number of nitrogens with one attached hydrogen (secondary N) is 1. The van der Waals surface area contributed by atoms with Crippen LogP contribution >= 0.6 is 24.0 Å². The van der Waals surface area contributed by atoms with E-state index in [0.29, 0.717) is 6.10 Å². The Balaban J connectivity index is 0.00000280. The SMILES string of the molecule is CCNC(=NCC1(N2CCOCC2)CCCCC1)N1CCC(OCC)CC1.I. The third-order valence-electron chi connectivity index (χ3n) is 6.47. The molecule has 0 amide bonds. The molecule has 0 aromatic heterocycles. The summed E-state index contributed by atoms with van der Waals surface area (Å²) in [7, 11) is 0. The lowest BCUT2D eigenvalue weighted by atomic mass is 9.80. The van der Waals surface area contributed by atoms with E-state index >= 15 is 0 Å². The fraction of sp³-hybridized carbons (Fsp3) is 0.952. The Hall–Kier alpha value is -0.120. The molecule has 164 valence electrons. The highest BCUT2D eigenvalue weighted by Crippen LogP contribution is 2.34. The van der Waals surface area contributed by atoms with Gasteiger partial charge in [-0.25, -0.2) is 0 Å². The number of morpholine rings is 1. The van der Waals surface area contributed by atoms with Crippen LogP contribution < -0.4 is 5.32 Å². The quantitative estimate of drug-likeness (QED) is 0.340. The summed E-state index contributed by atoms with van der Waals surface area (Å²) < 4.78 is 11.4. The zero-order chi connectivity index (χ0) is 19.0. The Morgan fingerprint density at radius 3 is 2.36 bits per heavy atom. The largest absolute Gasteiger partial charge is 0.379 e. The van der Waals surface area contributed by atoms with Crippen LogP contribution in [0.15, 0.2) is 4.99 Å². The van der Waals surface area contributed by atoms with Gasteiger partial charge in [0.1, 0.15) is 0 Å². The molecule has 28 heavy (non-hydrogen) atoms. The molecule has 1 saturated carbocycles. The van der Waals surface area contributed by atoms with Crippen molar-refractivity contribution in [1.29, 1.82) is 0 Å². The lowest BCUT2D eigenvalue weighted by Crippen LogP contribution is -2.57. The third kappa shape index (κ3) is 6.44. The molecule has 7 heteroatoms. The van der Waals surface area contributed by atoms with Gasteiger partial charge in [0.25, 0.3) is 0 Å². The first-order chi connectivity index (χ1) is 13.3. The summed E-state index contributed by atoms with van der Waals surface area (Å²) in [5.74, 6) is 1.10. The molecule has 1 aliphatic carbocycles. The van der Waals surface area contributed by atoms with Crippen LogP contribution in [0.4, 0.5) is 0 Å². The second-order valence-electron chi connectivity index (χ2n) is 8.20. The van der Waals surface area contributed by atoms with Crippen molar-refractivity contribution >= 4 is 29.9 Å². The van der Waals surface area contributed by atoms with Crippen molar-refractivity contribution < 1.29 is 9.47 Å². The average Bonchev–Trinajstić information content (AvgIpc) is 2.73. The van der Waals surface area contributed by atoms with Crippen molar-refractivity contribution in [2.45, 2.75) is 70.4 Å². The molecule has 0 spiro atoms. The number of halogens is 1. The molecule has 3 aliphatic rings. The summed E-state index contributed by atoms with van der Waals surface area (Å²) in [5, 5.41) is 3.55. The molecule has 0 aromatic carbocycles. The van der Waals surface area contributed by atoms with E-state index in [1.807, 2.05) is 0 Å². The number of aliphatic imine (C=N–C) groups is 1. The minimum Gasteiger partial charge on any atom is -0.379 e. The summed E-state index contributed by atoms with van der Waals surface area (Å²) in [6.45, 7) is 12.9. The molecule has 0 radical (unpaired) electrons. The molecule has 2 heterocycles. The molecule has 0 unspecified atom stereocenters. The molecule has 1 N–H and O–H groups in total. The highest BCUT2D eigenvalue weighted by atomic mass is 127. The van der Waals surface area contributed by atoms with E-state index in [-0.39, 0.29) is 29.5 Å². The Labute approximate surface area is 188 Å². The van der Waals surface area contributed by atoms with E-state index in [9.17, 15) is 0 Å². The minimum absolute atomic E-state index is 0. The number of hydrogen-bond acceptors (Lipinski definition) is 4. The molecule has 3 fully saturated rings. The smallest absolute Gasteiger partial charge is 0.193 e. The molecular weight excluding hydrogens is 467 g/mol. The van der Waals surface area contributed by atoms with Crippen LogP contribution in [0.2, 0.25) is 0 Å². The van der Waals surface area contributed by atoms with Gasteiger partial charge in [-0.3, -0.25) is 9.89 Å². The molecule has 2 aliphatic heterocycles. The molecular formula is C21H41IN4O2. The van der Waals surface area contributed by atoms with E-state index in [1.165, 1.54) is 32.1 Å². The first kappa shape index (κ1) is 24.2. The van der Waals surface area contributed by atoms with Gasteiger partial charge >= 0.3 is 0 Å². The van der Waals surface area contributed by atoms with Crippen LogP contribution in [0.25, 0.3) is 0 Å². The Morgan fingerprint density at radius 2 is 1.75 bits per heavy atom. The normalized spacial score (nSPS) is 24.6. The first-order valence-electron chi connectivity index (χ1n) is 11.2. The second kappa shape index (κ2) is 12.5. The molecule has 6 nitrogen and oxygen atoms in total. The number of rotatable bonds is 6. The van der Waals surface area contributed by atoms with Gasteiger partial charge in [-0.15, -0.1) is 24.0 Å². The van der Waals surface area contributed by atoms with Gasteiger partial charge in [-0.2, -0.15) is 0 Å². The predicted molar refractivity (Wildman–Crippen MR) is 126 cm³/mol. The topological polar surface area (TPSA) is 49.3 Å². The van der Waals surface area contributed by atoms with E-state index in [0.717, 1.165) is 77.9 Å². The van der Waals surface area contributed by atoms with Gasteiger partial charge < -0.3 is 19.7 Å². The number of likely N-dealkylation sites (tertiary alicyclic amines) is 1. The van der Waals surface area contributed by atoms with Crippen molar-refractivity contribution in [3.8, 4) is 0 Å². The van der Waals surface area contributed by atoms with Crippen LogP contribution in [0, 0.1) is 0 Å². The fourth-order valence-electron chi connectivity index (χ4n) is 4.94. The van der Waals surface area contributed by atoms with Crippen LogP contribution in [-0.4, -0.2) is 86.5 Å². The van der Waals surface area contributed by atoms with Crippen molar-refractivity contribution in [3.05, 3.63) is 0 Å². The summed E-state index contributed by atoms with van der Waals surface area (Å²) in [6, 6.07) is 0. The highest BCUT2D eigenvalue weighted by Gasteiger charge is 2.38. The maximum absolute atomic E-state index is 5.82. The van der Waals surface area contributed by atoms with Gasteiger partial charge in [0.15, 0.2) is 5.96 Å². The van der Waals surface area contributed by atoms with Crippen LogP contribution in [0.3, 0.4) is 0 Å². The van der Waals surface area contributed by atoms with Gasteiger partial charge in [0.2, 0.25) is 0 Å². The number of guanidine groups is 1. The van der Waals surface area contributed by atoms with Gasteiger partial charge in [-0.05, 0) is 39.5 Å². The van der Waals surface area contributed by atoms with Crippen LogP contribution in [0.1, 0.15) is 58.8 Å². The molecule has 0 atom stereocenters. The van der Waals surface area contributed by atoms with Crippen molar-refractivity contribution in [1.82, 2.24) is 15.1 Å². The Bertz CT molecular complexity index is 457. The summed E-state index contributed by atoms with van der Waals surface area (Å²) in [4.78, 5) is 10.3. The molecule has 0 bridgehead atoms. The van der Waals surface area contributed by atoms with Crippen LogP contribution in [-0.2, 0) is 9.47 Å². The Morgan fingerprint density at radius 1 is 1.07 bits per heavy atom. The van der Waals surface area contributed by atoms with Crippen molar-refractivity contribution in [2.24, 2.45) is 4.99 Å². The fourth-order valence-corrected chi connectivity index (χ4v) is 4.94. The lowest BCUT2D eigenvalue weighted by Gasteiger charge is -2.47. The second-order valence-corrected chi connectivity index (χ2v) is 8.20. The summed E-state index contributed by atoms with van der Waals surface area (Å²) in [6.07, 6.45) is 9.24. The van der Waals surface area contributed by atoms with Gasteiger partial charge in [-0.1, -0.05) is 19.3 Å². The molecule has 0 aromatic rings. The number of nitrogens with zero attached hydrogens (tertiary/aromatic N) is 3. The molecule has 3 rings (SSSR count). The third-order valence-corrected chi connectivity index (χ3v) is 6.47. The maximum Gasteiger partial charge on any atom is 0.193 e. The summed E-state index contributed by atoms with van der Waals surface area (Å²) in [5.41, 5.74) is 0.242. The first-order valence-corrected chi connectivity index (χ1v) is 11.2. The Kier molecular flexibility index (Phi) is 10.8. The van der Waals surface area contributed by atoms with E-state index in [2.05, 4.69) is 29.0 Å². The standard InChI is InChI=1S/C21H40N4O2.HI/c1-3-22-20(24-12-8-19(9-13-24)27-4-2)23-18-21(10-6-5-7-11-21)25-14-16-26-17-15-25;/h19H,3-18H2,1-2H3,(H,22,23);1H. The van der Waals surface area contributed by atoms with Gasteiger partial charge in [0.05, 0.1) is 25.9 Å². The van der Waals surface area contributed by atoms with E-state index < -0.39 is 0 Å². The zero-order valence-electron chi connectivity index (χ0n) is 18.0. The number of ether oxygens (including phenoxy) is 2.